The third-order valence-electron chi connectivity index (χ3n) is 5.12. The largest absolute Gasteiger partial charge is 0.462 e. The Balaban J connectivity index is 2.89. The lowest BCUT2D eigenvalue weighted by molar-refractivity contribution is -0.176. The van der Waals surface area contributed by atoms with Crippen LogP contribution in [0.15, 0.2) is 0 Å². The van der Waals surface area contributed by atoms with Crippen molar-refractivity contribution in [2.75, 3.05) is 6.61 Å². The highest BCUT2D eigenvalue weighted by atomic mass is 28.4. The summed E-state index contributed by atoms with van der Waals surface area (Å²) in [6.07, 6.45) is 1.13. The molecule has 1 N–H and O–H groups in total. The normalized spacial score (nSPS) is 31.1. The van der Waals surface area contributed by atoms with Crippen LogP contribution >= 0.6 is 0 Å². The molecular weight excluding hydrogens is 284 g/mol. The van der Waals surface area contributed by atoms with Gasteiger partial charge in [0, 0.05) is 12.5 Å². The van der Waals surface area contributed by atoms with Gasteiger partial charge in [0.1, 0.15) is 6.10 Å². The number of hydrogen-bond acceptors (Lipinski definition) is 4. The molecule has 0 radical (unpaired) electrons. The van der Waals surface area contributed by atoms with Crippen molar-refractivity contribution >= 4 is 14.3 Å². The summed E-state index contributed by atoms with van der Waals surface area (Å²) in [7, 11) is -1.92. The molecule has 124 valence electrons. The number of aliphatic hydroxyl groups is 1. The molecule has 4 nitrogen and oxygen atoms in total. The van der Waals surface area contributed by atoms with Crippen molar-refractivity contribution in [1.82, 2.24) is 0 Å². The molecule has 0 spiro atoms. The molecule has 1 rings (SSSR count). The standard InChI is InChI=1S/C16H32O4Si/c1-11-13(9-8-10-17)19-15(18)12(2)14(11)20-21(6,7)16(3,4)5/h11-14,17H,8-10H2,1-7H3/t11-,12+,13-,14-/m0/s1. The summed E-state index contributed by atoms with van der Waals surface area (Å²) < 4.78 is 12.1. The van der Waals surface area contributed by atoms with Crippen LogP contribution in [0.1, 0.15) is 47.5 Å². The van der Waals surface area contributed by atoms with Gasteiger partial charge in [0.25, 0.3) is 0 Å². The maximum Gasteiger partial charge on any atom is 0.311 e. The second kappa shape index (κ2) is 6.80. The smallest absolute Gasteiger partial charge is 0.311 e. The first-order valence-electron chi connectivity index (χ1n) is 8.00. The Bertz CT molecular complexity index is 362. The lowest BCUT2D eigenvalue weighted by Gasteiger charge is -2.46. The second-order valence-corrected chi connectivity index (χ2v) is 12.6. The van der Waals surface area contributed by atoms with Gasteiger partial charge in [0.2, 0.25) is 0 Å². The Kier molecular flexibility index (Phi) is 6.04. The minimum atomic E-state index is -1.92. The predicted molar refractivity (Wildman–Crippen MR) is 86.6 cm³/mol. The third kappa shape index (κ3) is 4.30. The van der Waals surface area contributed by atoms with E-state index in [9.17, 15) is 4.79 Å². The summed E-state index contributed by atoms with van der Waals surface area (Å²) in [5.41, 5.74) is 0. The number of aliphatic hydroxyl groups excluding tert-OH is 1. The number of cyclic esters (lactones) is 1. The Morgan fingerprint density at radius 1 is 1.29 bits per heavy atom. The van der Waals surface area contributed by atoms with E-state index < -0.39 is 8.32 Å². The number of rotatable bonds is 5. The van der Waals surface area contributed by atoms with E-state index in [4.69, 9.17) is 14.3 Å². The van der Waals surface area contributed by atoms with Gasteiger partial charge in [-0.15, -0.1) is 0 Å². The average Bonchev–Trinajstić information content (AvgIpc) is 2.36. The van der Waals surface area contributed by atoms with Crippen molar-refractivity contribution in [1.29, 1.82) is 0 Å². The highest BCUT2D eigenvalue weighted by molar-refractivity contribution is 6.74. The quantitative estimate of drug-likeness (QED) is 0.624. The molecule has 1 aliphatic rings. The Morgan fingerprint density at radius 3 is 2.33 bits per heavy atom. The summed E-state index contributed by atoms with van der Waals surface area (Å²) in [4.78, 5) is 12.1. The molecule has 0 bridgehead atoms. The molecule has 0 unspecified atom stereocenters. The first kappa shape index (κ1) is 18.7. The first-order valence-corrected chi connectivity index (χ1v) is 10.9. The summed E-state index contributed by atoms with van der Waals surface area (Å²) in [6, 6.07) is 0. The van der Waals surface area contributed by atoms with Crippen molar-refractivity contribution in [3.05, 3.63) is 0 Å². The van der Waals surface area contributed by atoms with E-state index in [2.05, 4.69) is 40.8 Å². The Morgan fingerprint density at radius 2 is 1.86 bits per heavy atom. The van der Waals surface area contributed by atoms with Gasteiger partial charge in [0.05, 0.1) is 12.0 Å². The number of hydrogen-bond donors (Lipinski definition) is 1. The molecule has 0 aliphatic carbocycles. The van der Waals surface area contributed by atoms with E-state index in [1.165, 1.54) is 0 Å². The lowest BCUT2D eigenvalue weighted by Crippen LogP contribution is -2.54. The second-order valence-electron chi connectivity index (χ2n) is 7.83. The van der Waals surface area contributed by atoms with Crippen molar-refractivity contribution in [2.24, 2.45) is 11.8 Å². The van der Waals surface area contributed by atoms with E-state index >= 15 is 0 Å². The van der Waals surface area contributed by atoms with Crippen LogP contribution in [-0.2, 0) is 14.0 Å². The molecular formula is C16H32O4Si. The van der Waals surface area contributed by atoms with E-state index in [1.54, 1.807) is 0 Å². The zero-order chi connectivity index (χ0) is 16.4. The van der Waals surface area contributed by atoms with Crippen LogP contribution in [0.5, 0.6) is 0 Å². The van der Waals surface area contributed by atoms with Gasteiger partial charge in [-0.1, -0.05) is 27.7 Å². The minimum absolute atomic E-state index is 0.0872. The summed E-state index contributed by atoms with van der Waals surface area (Å²) >= 11 is 0. The molecule has 5 heteroatoms. The van der Waals surface area contributed by atoms with Gasteiger partial charge in [-0.3, -0.25) is 4.79 Å². The van der Waals surface area contributed by atoms with E-state index in [0.717, 1.165) is 0 Å². The summed E-state index contributed by atoms with van der Waals surface area (Å²) in [5, 5.41) is 9.11. The molecule has 21 heavy (non-hydrogen) atoms. The maximum absolute atomic E-state index is 12.1. The van der Waals surface area contributed by atoms with E-state index in [-0.39, 0.29) is 41.7 Å². The first-order chi connectivity index (χ1) is 9.51. The predicted octanol–water partition coefficient (Wildman–Crippen LogP) is 3.35. The summed E-state index contributed by atoms with van der Waals surface area (Å²) in [5.74, 6) is -0.224. The molecule has 1 saturated heterocycles. The summed E-state index contributed by atoms with van der Waals surface area (Å²) in [6.45, 7) is 15.2. The van der Waals surface area contributed by atoms with E-state index in [0.29, 0.717) is 12.8 Å². The molecule has 1 heterocycles. The number of carbonyl (C=O) groups excluding carboxylic acids is 1. The fourth-order valence-corrected chi connectivity index (χ4v) is 3.96. The fraction of sp³-hybridized carbons (Fsp3) is 0.938. The fourth-order valence-electron chi connectivity index (χ4n) is 2.51. The zero-order valence-electron chi connectivity index (χ0n) is 14.6. The third-order valence-corrected chi connectivity index (χ3v) is 9.59. The molecule has 4 atom stereocenters. The molecule has 0 aromatic rings. The van der Waals surface area contributed by atoms with E-state index in [1.807, 2.05) is 6.92 Å². The van der Waals surface area contributed by atoms with Crippen LogP contribution in [0, 0.1) is 11.8 Å². The molecule has 1 aliphatic heterocycles. The zero-order valence-corrected chi connectivity index (χ0v) is 15.6. The van der Waals surface area contributed by atoms with Gasteiger partial charge >= 0.3 is 5.97 Å². The molecule has 0 saturated carbocycles. The number of esters is 1. The molecule has 0 aromatic heterocycles. The van der Waals surface area contributed by atoms with Gasteiger partial charge in [-0.05, 0) is 37.9 Å². The van der Waals surface area contributed by atoms with Crippen molar-refractivity contribution in [2.45, 2.75) is 77.8 Å². The topological polar surface area (TPSA) is 55.8 Å². The molecule has 1 fully saturated rings. The maximum atomic E-state index is 12.1. The molecule has 0 amide bonds. The number of carbonyl (C=O) groups is 1. The Labute approximate surface area is 130 Å². The monoisotopic (exact) mass is 316 g/mol. The van der Waals surface area contributed by atoms with Crippen LogP contribution in [0.2, 0.25) is 18.1 Å². The lowest BCUT2D eigenvalue weighted by atomic mass is 9.85. The number of ether oxygens (including phenoxy) is 1. The van der Waals surface area contributed by atoms with Crippen LogP contribution in [0.4, 0.5) is 0 Å². The van der Waals surface area contributed by atoms with Crippen LogP contribution < -0.4 is 0 Å². The van der Waals surface area contributed by atoms with Crippen molar-refractivity contribution < 1.29 is 19.1 Å². The van der Waals surface area contributed by atoms with Gasteiger partial charge < -0.3 is 14.3 Å². The molecule has 0 aromatic carbocycles. The van der Waals surface area contributed by atoms with Gasteiger partial charge in [0.15, 0.2) is 8.32 Å². The van der Waals surface area contributed by atoms with Crippen LogP contribution in [0.25, 0.3) is 0 Å². The van der Waals surface area contributed by atoms with Crippen molar-refractivity contribution in [3.8, 4) is 0 Å². The highest BCUT2D eigenvalue weighted by Crippen LogP contribution is 2.41. The minimum Gasteiger partial charge on any atom is -0.462 e. The van der Waals surface area contributed by atoms with Crippen LogP contribution in [0.3, 0.4) is 0 Å². The Hall–Kier alpha value is -0.393. The SMILES string of the molecule is C[C@@H]1[C@H](O[Si](C)(C)C(C)(C)C)[C@@H](C)C(=O)O[C@H]1CCCO. The average molecular weight is 317 g/mol. The van der Waals surface area contributed by atoms with Gasteiger partial charge in [-0.2, -0.15) is 0 Å². The van der Waals surface area contributed by atoms with Gasteiger partial charge in [-0.25, -0.2) is 0 Å². The highest BCUT2D eigenvalue weighted by Gasteiger charge is 2.47. The van der Waals surface area contributed by atoms with Crippen LogP contribution in [-0.4, -0.2) is 38.2 Å². The van der Waals surface area contributed by atoms with Crippen molar-refractivity contribution in [3.63, 3.8) is 0 Å².